The smallest absolute Gasteiger partial charge is 0.295 e. The van der Waals surface area contributed by atoms with Crippen molar-refractivity contribution in [3.63, 3.8) is 0 Å². The minimum absolute atomic E-state index is 0.0688. The fourth-order valence-corrected chi connectivity index (χ4v) is 4.64. The molecule has 4 heterocycles. The van der Waals surface area contributed by atoms with E-state index in [1.807, 2.05) is 0 Å². The third kappa shape index (κ3) is 4.36. The highest BCUT2D eigenvalue weighted by Crippen LogP contribution is 2.41. The van der Waals surface area contributed by atoms with Gasteiger partial charge in [0.05, 0.1) is 24.8 Å². The van der Waals surface area contributed by atoms with Crippen LogP contribution in [0.5, 0.6) is 11.5 Å². The highest BCUT2D eigenvalue weighted by atomic mass is 16.6. The van der Waals surface area contributed by atoms with Gasteiger partial charge in [0.1, 0.15) is 19.0 Å². The molecule has 1 N–H and O–H groups in total. The van der Waals surface area contributed by atoms with Gasteiger partial charge in [-0.05, 0) is 42.3 Å². The first-order chi connectivity index (χ1) is 16.6. The molecule has 9 heteroatoms. The highest BCUT2D eigenvalue weighted by Gasteiger charge is 2.45. The summed E-state index contributed by atoms with van der Waals surface area (Å²) < 4.78 is 16.6. The lowest BCUT2D eigenvalue weighted by Gasteiger charge is -2.29. The van der Waals surface area contributed by atoms with E-state index < -0.39 is 17.7 Å². The number of ether oxygens (including phenoxy) is 3. The first-order valence-corrected chi connectivity index (χ1v) is 11.5. The van der Waals surface area contributed by atoms with Crippen LogP contribution in [0.25, 0.3) is 5.76 Å². The summed E-state index contributed by atoms with van der Waals surface area (Å²) in [5.74, 6) is -0.455. The van der Waals surface area contributed by atoms with Crippen molar-refractivity contribution in [1.29, 1.82) is 0 Å². The van der Waals surface area contributed by atoms with E-state index in [-0.39, 0.29) is 11.3 Å². The Balaban J connectivity index is 1.46. The van der Waals surface area contributed by atoms with Crippen molar-refractivity contribution in [3.8, 4) is 11.5 Å². The number of hydrogen-bond acceptors (Lipinski definition) is 8. The van der Waals surface area contributed by atoms with Crippen LogP contribution in [-0.4, -0.2) is 84.2 Å². The molecule has 3 aliphatic rings. The average molecular weight is 466 g/mol. The Labute approximate surface area is 197 Å². The van der Waals surface area contributed by atoms with Gasteiger partial charge in [-0.3, -0.25) is 19.5 Å². The lowest BCUT2D eigenvalue weighted by atomic mass is 9.95. The van der Waals surface area contributed by atoms with E-state index in [1.54, 1.807) is 47.6 Å². The summed E-state index contributed by atoms with van der Waals surface area (Å²) >= 11 is 0. The van der Waals surface area contributed by atoms with Crippen molar-refractivity contribution in [2.24, 2.45) is 0 Å². The van der Waals surface area contributed by atoms with E-state index >= 15 is 0 Å². The summed E-state index contributed by atoms with van der Waals surface area (Å²) in [6.07, 6.45) is 3.94. The Hall–Kier alpha value is -3.43. The third-order valence-corrected chi connectivity index (χ3v) is 6.35. The maximum Gasteiger partial charge on any atom is 0.295 e. The summed E-state index contributed by atoms with van der Waals surface area (Å²) in [4.78, 5) is 34.2. The zero-order valence-electron chi connectivity index (χ0n) is 18.8. The van der Waals surface area contributed by atoms with Gasteiger partial charge in [0.15, 0.2) is 11.5 Å². The number of aliphatic hydroxyl groups is 1. The molecular weight excluding hydrogens is 438 g/mol. The number of nitrogens with zero attached hydrogens (tertiary/aromatic N) is 3. The van der Waals surface area contributed by atoms with E-state index in [9.17, 15) is 14.7 Å². The Morgan fingerprint density at radius 3 is 2.47 bits per heavy atom. The fourth-order valence-electron chi connectivity index (χ4n) is 4.64. The SMILES string of the molecule is O=C1C(=O)N(CCCN2CCOCC2)[C@@H](c2ccncc2)C1=C(O)c1ccc2c(c1)OCCO2. The molecule has 1 aromatic heterocycles. The molecule has 2 aromatic rings. The molecule has 5 rings (SSSR count). The second-order valence-electron chi connectivity index (χ2n) is 8.44. The minimum atomic E-state index is -0.694. The topological polar surface area (TPSA) is 101 Å². The minimum Gasteiger partial charge on any atom is -0.507 e. The molecule has 0 spiro atoms. The van der Waals surface area contributed by atoms with Crippen LogP contribution < -0.4 is 9.47 Å². The summed E-state index contributed by atoms with van der Waals surface area (Å²) in [5.41, 5.74) is 1.19. The fraction of sp³-hybridized carbons (Fsp3) is 0.400. The Morgan fingerprint density at radius 1 is 0.971 bits per heavy atom. The molecule has 9 nitrogen and oxygen atoms in total. The van der Waals surface area contributed by atoms with Gasteiger partial charge in [0.25, 0.3) is 11.7 Å². The molecule has 178 valence electrons. The Kier molecular flexibility index (Phi) is 6.46. The van der Waals surface area contributed by atoms with Gasteiger partial charge in [-0.25, -0.2) is 0 Å². The zero-order valence-corrected chi connectivity index (χ0v) is 18.8. The van der Waals surface area contributed by atoms with E-state index in [1.165, 1.54) is 0 Å². The van der Waals surface area contributed by atoms with Gasteiger partial charge < -0.3 is 24.2 Å². The lowest BCUT2D eigenvalue weighted by Crippen LogP contribution is -2.38. The number of carbonyl (C=O) groups is 2. The summed E-state index contributed by atoms with van der Waals surface area (Å²) in [5, 5.41) is 11.2. The number of amides is 1. The van der Waals surface area contributed by atoms with Gasteiger partial charge in [0, 0.05) is 44.1 Å². The quantitative estimate of drug-likeness (QED) is 0.393. The van der Waals surface area contributed by atoms with E-state index in [2.05, 4.69) is 9.88 Å². The largest absolute Gasteiger partial charge is 0.507 e. The van der Waals surface area contributed by atoms with Crippen LogP contribution in [-0.2, 0) is 14.3 Å². The summed E-state index contributed by atoms with van der Waals surface area (Å²) in [7, 11) is 0. The predicted molar refractivity (Wildman–Crippen MR) is 123 cm³/mol. The Bertz CT molecular complexity index is 1100. The number of rotatable bonds is 6. The van der Waals surface area contributed by atoms with Crippen molar-refractivity contribution in [3.05, 3.63) is 59.4 Å². The number of benzene rings is 1. The standard InChI is InChI=1S/C25H27N3O6/c29-23(18-2-3-19-20(16-18)34-15-14-33-19)21-22(17-4-6-26-7-5-17)28(25(31)24(21)30)9-1-8-27-10-12-32-13-11-27/h2-7,16,22,29H,1,8-15H2/t22-/m0/s1. The molecule has 1 aromatic carbocycles. The molecule has 0 aliphatic carbocycles. The van der Waals surface area contributed by atoms with Crippen LogP contribution in [0.1, 0.15) is 23.6 Å². The monoisotopic (exact) mass is 465 g/mol. The summed E-state index contributed by atoms with van der Waals surface area (Å²) in [6.45, 7) is 5.18. The molecule has 1 atom stereocenters. The van der Waals surface area contributed by atoms with Crippen LogP contribution >= 0.6 is 0 Å². The molecular formula is C25H27N3O6. The molecule has 1 amide bonds. The number of pyridine rings is 1. The van der Waals surface area contributed by atoms with Crippen molar-refractivity contribution in [2.45, 2.75) is 12.5 Å². The second kappa shape index (κ2) is 9.82. The van der Waals surface area contributed by atoms with Crippen molar-refractivity contribution in [1.82, 2.24) is 14.8 Å². The van der Waals surface area contributed by atoms with Crippen molar-refractivity contribution >= 4 is 17.4 Å². The van der Waals surface area contributed by atoms with Crippen LogP contribution in [0.15, 0.2) is 48.3 Å². The molecule has 0 saturated carbocycles. The lowest BCUT2D eigenvalue weighted by molar-refractivity contribution is -0.140. The second-order valence-corrected chi connectivity index (χ2v) is 8.44. The third-order valence-electron chi connectivity index (χ3n) is 6.35. The number of hydrogen-bond donors (Lipinski definition) is 1. The average Bonchev–Trinajstić information content (AvgIpc) is 3.14. The maximum atomic E-state index is 13.2. The number of Topliss-reactive ketones (excluding diaryl/α,β-unsaturated/α-hetero) is 1. The molecule has 0 unspecified atom stereocenters. The molecule has 2 saturated heterocycles. The van der Waals surface area contributed by atoms with E-state index in [0.717, 1.165) is 25.2 Å². The molecule has 34 heavy (non-hydrogen) atoms. The molecule has 3 aliphatic heterocycles. The van der Waals surface area contributed by atoms with Crippen LogP contribution in [0.4, 0.5) is 0 Å². The first-order valence-electron chi connectivity index (χ1n) is 11.5. The predicted octanol–water partition coefficient (Wildman–Crippen LogP) is 2.00. The molecule has 2 fully saturated rings. The van der Waals surface area contributed by atoms with Gasteiger partial charge >= 0.3 is 0 Å². The van der Waals surface area contributed by atoms with Crippen molar-refractivity contribution in [2.75, 3.05) is 52.6 Å². The molecule has 0 radical (unpaired) electrons. The van der Waals surface area contributed by atoms with Gasteiger partial charge in [0.2, 0.25) is 0 Å². The van der Waals surface area contributed by atoms with Gasteiger partial charge in [-0.15, -0.1) is 0 Å². The summed E-state index contributed by atoms with van der Waals surface area (Å²) in [6, 6.07) is 7.84. The van der Waals surface area contributed by atoms with E-state index in [4.69, 9.17) is 14.2 Å². The van der Waals surface area contributed by atoms with Crippen LogP contribution in [0.3, 0.4) is 0 Å². The normalized spacial score (nSPS) is 22.2. The maximum absolute atomic E-state index is 13.2. The Morgan fingerprint density at radius 2 is 1.71 bits per heavy atom. The van der Waals surface area contributed by atoms with Crippen LogP contribution in [0, 0.1) is 0 Å². The van der Waals surface area contributed by atoms with Gasteiger partial charge in [-0.2, -0.15) is 0 Å². The highest BCUT2D eigenvalue weighted by molar-refractivity contribution is 6.46. The zero-order chi connectivity index (χ0) is 23.5. The number of aromatic nitrogens is 1. The van der Waals surface area contributed by atoms with Crippen LogP contribution in [0.2, 0.25) is 0 Å². The van der Waals surface area contributed by atoms with Gasteiger partial charge in [-0.1, -0.05) is 0 Å². The number of aliphatic hydroxyl groups excluding tert-OH is 1. The number of morpholine rings is 1. The number of ketones is 1. The number of carbonyl (C=O) groups excluding carboxylic acids is 2. The van der Waals surface area contributed by atoms with Crippen molar-refractivity contribution < 1.29 is 28.9 Å². The molecule has 0 bridgehead atoms. The first kappa shape index (κ1) is 22.4. The number of fused-ring (bicyclic) bond motifs is 1. The van der Waals surface area contributed by atoms with E-state index in [0.29, 0.717) is 56.5 Å². The number of likely N-dealkylation sites (tertiary alicyclic amines) is 1.